The van der Waals surface area contributed by atoms with Crippen LogP contribution in [0.4, 0.5) is 10.1 Å². The van der Waals surface area contributed by atoms with E-state index in [0.717, 1.165) is 12.1 Å². The van der Waals surface area contributed by atoms with Gasteiger partial charge in [0, 0.05) is 11.5 Å². The van der Waals surface area contributed by atoms with Gasteiger partial charge in [-0.3, -0.25) is 19.1 Å². The quantitative estimate of drug-likeness (QED) is 0.459. The topological polar surface area (TPSA) is 191 Å². The summed E-state index contributed by atoms with van der Waals surface area (Å²) in [6.07, 6.45) is 2.93. The van der Waals surface area contributed by atoms with Crippen molar-refractivity contribution in [2.75, 3.05) is 5.12 Å². The van der Waals surface area contributed by atoms with Crippen molar-refractivity contribution in [1.29, 1.82) is 0 Å². The summed E-state index contributed by atoms with van der Waals surface area (Å²) < 4.78 is 111. The van der Waals surface area contributed by atoms with Crippen molar-refractivity contribution >= 4 is 52.8 Å². The fourth-order valence-corrected chi connectivity index (χ4v) is 4.50. The van der Waals surface area contributed by atoms with Crippen LogP contribution in [0.2, 0.25) is 0 Å². The Labute approximate surface area is 163 Å². The molecule has 4 N–H and O–H groups in total. The Morgan fingerprint density at radius 1 is 0.897 bits per heavy atom. The van der Waals surface area contributed by atoms with Crippen molar-refractivity contribution in [3.63, 3.8) is 0 Å². The van der Waals surface area contributed by atoms with Crippen LogP contribution in [0.25, 0.3) is 10.8 Å². The van der Waals surface area contributed by atoms with Gasteiger partial charge in [0.1, 0.15) is 15.5 Å². The number of hydrazine groups is 1. The molecule has 2 aromatic carbocycles. The van der Waals surface area contributed by atoms with E-state index in [1.807, 2.05) is 0 Å². The van der Waals surface area contributed by atoms with Crippen LogP contribution in [-0.4, -0.2) is 44.9 Å². The maximum Gasteiger partial charge on any atom is 0.296 e. The van der Waals surface area contributed by atoms with Crippen LogP contribution in [0.15, 0.2) is 50.1 Å². The number of rotatable bonds is 4. The highest BCUT2D eigenvalue weighted by molar-refractivity contribution is 7.87. The van der Waals surface area contributed by atoms with Gasteiger partial charge in [0.05, 0.1) is 11.1 Å². The molecule has 0 saturated carbocycles. The molecule has 1 aliphatic rings. The minimum atomic E-state index is -5.08. The number of anilines is 1. The maximum atomic E-state index is 13.4. The van der Waals surface area contributed by atoms with Crippen LogP contribution in [-0.2, 0) is 30.4 Å². The first kappa shape index (κ1) is 21.1. The van der Waals surface area contributed by atoms with E-state index in [2.05, 4.69) is 16.7 Å². The molecule has 0 aromatic heterocycles. The Bertz CT molecular complexity index is 1410. The van der Waals surface area contributed by atoms with Crippen LogP contribution in [0.3, 0.4) is 0 Å². The molecular weight excluding hydrogens is 457 g/mol. The van der Waals surface area contributed by atoms with Gasteiger partial charge in [0.2, 0.25) is 5.97 Å². The Kier molecular flexibility index (Phi) is 4.88. The van der Waals surface area contributed by atoms with E-state index in [-0.39, 0.29) is 0 Å². The van der Waals surface area contributed by atoms with Crippen LogP contribution in [0.1, 0.15) is 0 Å². The zero-order valence-electron chi connectivity index (χ0n) is 13.7. The molecule has 3 rings (SSSR count). The Morgan fingerprint density at radius 3 is 2.03 bits per heavy atom. The third kappa shape index (κ3) is 4.21. The number of hydrogen-bond acceptors (Lipinski definition) is 9. The van der Waals surface area contributed by atoms with Gasteiger partial charge in [-0.15, -0.1) is 5.10 Å². The molecule has 0 bridgehead atoms. The molecular formula is C13H9FN3O9S3. The van der Waals surface area contributed by atoms with Gasteiger partial charge in [-0.1, -0.05) is 0 Å². The number of hydrogen-bond donors (Lipinski definition) is 4. The van der Waals surface area contributed by atoms with Crippen LogP contribution in [0.5, 0.6) is 0 Å². The largest absolute Gasteiger partial charge is 0.296 e. The summed E-state index contributed by atoms with van der Waals surface area (Å²) in [4.78, 5) is -2.90. The highest BCUT2D eigenvalue weighted by atomic mass is 32.2. The predicted molar refractivity (Wildman–Crippen MR) is 95.4 cm³/mol. The van der Waals surface area contributed by atoms with Crippen molar-refractivity contribution in [2.45, 2.75) is 14.7 Å². The first-order chi connectivity index (χ1) is 13.2. The predicted octanol–water partition coefficient (Wildman–Crippen LogP) is 0.504. The number of fused-ring (bicyclic) bond motifs is 1. The molecule has 0 aliphatic carbocycles. The lowest BCUT2D eigenvalue weighted by Crippen LogP contribution is -2.33. The summed E-state index contributed by atoms with van der Waals surface area (Å²) in [6, 6.07) is 2.57. The molecule has 1 heterocycles. The van der Waals surface area contributed by atoms with Gasteiger partial charge in [-0.25, -0.2) is 0 Å². The van der Waals surface area contributed by atoms with Crippen molar-refractivity contribution in [3.8, 4) is 0 Å². The van der Waals surface area contributed by atoms with Crippen molar-refractivity contribution in [1.82, 2.24) is 5.43 Å². The molecule has 1 radical (unpaired) electrons. The first-order valence-electron chi connectivity index (χ1n) is 7.11. The number of halogens is 1. The van der Waals surface area contributed by atoms with E-state index in [9.17, 15) is 43.3 Å². The number of allylic oxidation sites excluding steroid dienone is 1. The van der Waals surface area contributed by atoms with Gasteiger partial charge in [-0.2, -0.15) is 34.8 Å². The Hall–Kier alpha value is -2.63. The zero-order valence-corrected chi connectivity index (χ0v) is 16.1. The SMILES string of the molecule is O=S(=O)(O)c1cc(S(=O)(=O)O)c2cc(N3N=C(F)C=[C]N3)c(S(=O)(=O)O)cc2c1. The minimum absolute atomic E-state index is 0.412. The normalized spacial score (nSPS) is 15.3. The Balaban J connectivity index is 2.49. The smallest absolute Gasteiger partial charge is 0.282 e. The second-order valence-electron chi connectivity index (χ2n) is 5.52. The summed E-state index contributed by atoms with van der Waals surface area (Å²) in [7, 11) is -15.1. The fourth-order valence-electron chi connectivity index (χ4n) is 2.47. The van der Waals surface area contributed by atoms with Crippen molar-refractivity contribution in [3.05, 3.63) is 36.5 Å². The Morgan fingerprint density at radius 2 is 1.52 bits per heavy atom. The second kappa shape index (κ2) is 6.71. The summed E-state index contributed by atoms with van der Waals surface area (Å²) in [5.41, 5.74) is 1.63. The van der Waals surface area contributed by atoms with E-state index in [0.29, 0.717) is 23.3 Å². The molecule has 0 unspecified atom stereocenters. The van der Waals surface area contributed by atoms with Gasteiger partial charge < -0.3 is 0 Å². The van der Waals surface area contributed by atoms with E-state index in [1.54, 1.807) is 0 Å². The lowest BCUT2D eigenvalue weighted by atomic mass is 10.1. The molecule has 155 valence electrons. The van der Waals surface area contributed by atoms with Crippen LogP contribution in [0, 0.1) is 6.20 Å². The molecule has 0 fully saturated rings. The molecule has 29 heavy (non-hydrogen) atoms. The van der Waals surface area contributed by atoms with Gasteiger partial charge >= 0.3 is 0 Å². The number of benzene rings is 2. The molecule has 16 heteroatoms. The molecule has 12 nitrogen and oxygen atoms in total. The number of nitrogens with one attached hydrogen (secondary N) is 1. The molecule has 0 spiro atoms. The van der Waals surface area contributed by atoms with Crippen molar-refractivity contribution in [2.24, 2.45) is 5.10 Å². The van der Waals surface area contributed by atoms with E-state index in [4.69, 9.17) is 0 Å². The molecule has 2 aromatic rings. The number of nitrogens with zero attached hydrogens (tertiary/aromatic N) is 2. The second-order valence-corrected chi connectivity index (χ2v) is 9.72. The summed E-state index contributed by atoms with van der Waals surface area (Å²) in [6.45, 7) is 0. The van der Waals surface area contributed by atoms with E-state index >= 15 is 0 Å². The average molecular weight is 466 g/mol. The maximum absolute atomic E-state index is 13.4. The lowest BCUT2D eigenvalue weighted by Gasteiger charge is -2.23. The summed E-state index contributed by atoms with van der Waals surface area (Å²) in [5, 5.41) is 2.98. The standard InChI is InChI=1S/C13H9FN3O9S3/c14-13-1-2-15-17(16-13)10-6-9-7(4-12(10)29(24,25)26)3-8(27(18,19)20)5-11(9)28(21,22)23/h1,3-6,15H,(H,18,19,20)(H,21,22,23)(H,24,25,26). The summed E-state index contributed by atoms with van der Waals surface area (Å²) >= 11 is 0. The third-order valence-corrected chi connectivity index (χ3v) is 6.21. The monoisotopic (exact) mass is 466 g/mol. The van der Waals surface area contributed by atoms with E-state index < -0.39 is 67.5 Å². The van der Waals surface area contributed by atoms with Gasteiger partial charge in [-0.05, 0) is 29.7 Å². The zero-order chi connectivity index (χ0) is 21.8. The van der Waals surface area contributed by atoms with Gasteiger partial charge in [0.15, 0.2) is 0 Å². The highest BCUT2D eigenvalue weighted by Gasteiger charge is 2.27. The molecule has 0 atom stereocenters. The number of hydrazone groups is 1. The highest BCUT2D eigenvalue weighted by Crippen LogP contribution is 2.35. The summed E-state index contributed by atoms with van der Waals surface area (Å²) in [5.74, 6) is -1.12. The fraction of sp³-hybridized carbons (Fsp3) is 0. The third-order valence-electron chi connectivity index (χ3n) is 3.61. The molecule has 0 amide bonds. The van der Waals surface area contributed by atoms with Crippen LogP contribution < -0.4 is 10.5 Å². The van der Waals surface area contributed by atoms with Crippen molar-refractivity contribution < 1.29 is 43.3 Å². The molecule has 1 aliphatic heterocycles. The molecule has 0 saturated heterocycles. The average Bonchev–Trinajstić information content (AvgIpc) is 2.57. The lowest BCUT2D eigenvalue weighted by molar-refractivity contribution is 0.480. The minimum Gasteiger partial charge on any atom is -0.282 e. The first-order valence-corrected chi connectivity index (χ1v) is 11.4. The van der Waals surface area contributed by atoms with Crippen LogP contribution >= 0.6 is 0 Å². The van der Waals surface area contributed by atoms with E-state index in [1.165, 1.54) is 0 Å². The van der Waals surface area contributed by atoms with Gasteiger partial charge in [0.25, 0.3) is 30.4 Å².